The van der Waals surface area contributed by atoms with Crippen molar-refractivity contribution in [2.24, 2.45) is 4.99 Å². The van der Waals surface area contributed by atoms with Crippen molar-refractivity contribution in [2.75, 3.05) is 24.1 Å². The fourth-order valence-electron chi connectivity index (χ4n) is 1.71. The number of halogens is 1. The summed E-state index contributed by atoms with van der Waals surface area (Å²) in [6.07, 6.45) is 1.86. The van der Waals surface area contributed by atoms with Gasteiger partial charge in [0.15, 0.2) is 0 Å². The van der Waals surface area contributed by atoms with E-state index in [-0.39, 0.29) is 0 Å². The molecule has 1 aliphatic heterocycles. The Kier molecular flexibility index (Phi) is 3.91. The first-order valence-corrected chi connectivity index (χ1v) is 8.16. The molecule has 0 atom stereocenters. The molecule has 0 spiro atoms. The summed E-state index contributed by atoms with van der Waals surface area (Å²) in [5.74, 6) is 0.978. The number of hydrogen-bond donors (Lipinski definition) is 2. The average molecular weight is 332 g/mol. The Bertz CT molecular complexity index is 584. The number of sulfonamides is 1. The molecule has 2 N–H and O–H groups in total. The Morgan fingerprint density at radius 1 is 1.50 bits per heavy atom. The molecule has 2 rings (SSSR count). The van der Waals surface area contributed by atoms with E-state index in [2.05, 4.69) is 31.0 Å². The lowest BCUT2D eigenvalue weighted by Gasteiger charge is -2.09. The van der Waals surface area contributed by atoms with Crippen molar-refractivity contribution < 1.29 is 8.42 Å². The van der Waals surface area contributed by atoms with Crippen molar-refractivity contribution in [2.45, 2.75) is 6.42 Å². The third-order valence-corrected chi connectivity index (χ3v) is 3.69. The number of anilines is 1. The van der Waals surface area contributed by atoms with Crippen LogP contribution in [0.2, 0.25) is 0 Å². The number of rotatable bonds is 4. The molecule has 0 amide bonds. The van der Waals surface area contributed by atoms with E-state index in [1.165, 1.54) is 0 Å². The predicted octanol–water partition coefficient (Wildman–Crippen LogP) is 1.36. The molecule has 1 aliphatic rings. The highest BCUT2D eigenvalue weighted by Gasteiger charge is 2.09. The van der Waals surface area contributed by atoms with Crippen LogP contribution in [0.25, 0.3) is 0 Å². The van der Waals surface area contributed by atoms with Crippen LogP contribution in [-0.2, 0) is 16.4 Å². The van der Waals surface area contributed by atoms with Gasteiger partial charge in [-0.25, -0.2) is 8.42 Å². The van der Waals surface area contributed by atoms with E-state index in [4.69, 9.17) is 0 Å². The van der Waals surface area contributed by atoms with Crippen LogP contribution in [0.4, 0.5) is 5.69 Å². The summed E-state index contributed by atoms with van der Waals surface area (Å²) >= 11 is 3.36. The Balaban J connectivity index is 2.14. The summed E-state index contributed by atoms with van der Waals surface area (Å²) in [5, 5.41) is 3.20. The molecule has 1 aromatic carbocycles. The number of amidine groups is 1. The Morgan fingerprint density at radius 3 is 2.83 bits per heavy atom. The first kappa shape index (κ1) is 13.4. The topological polar surface area (TPSA) is 70.6 Å². The fourth-order valence-corrected chi connectivity index (χ4v) is 2.94. The highest BCUT2D eigenvalue weighted by molar-refractivity contribution is 9.10. The van der Waals surface area contributed by atoms with Crippen LogP contribution in [0, 0.1) is 0 Å². The van der Waals surface area contributed by atoms with E-state index in [0.717, 1.165) is 41.6 Å². The van der Waals surface area contributed by atoms with Gasteiger partial charge in [-0.15, -0.1) is 0 Å². The molecule has 7 heteroatoms. The molecule has 18 heavy (non-hydrogen) atoms. The quantitative estimate of drug-likeness (QED) is 0.875. The lowest BCUT2D eigenvalue weighted by atomic mass is 10.1. The summed E-state index contributed by atoms with van der Waals surface area (Å²) in [6.45, 7) is 1.72. The van der Waals surface area contributed by atoms with Gasteiger partial charge in [-0.1, -0.05) is 6.07 Å². The highest BCUT2D eigenvalue weighted by atomic mass is 79.9. The number of nitrogens with zero attached hydrogens (tertiary/aromatic N) is 1. The number of benzene rings is 1. The van der Waals surface area contributed by atoms with Crippen LogP contribution in [-0.4, -0.2) is 33.6 Å². The lowest BCUT2D eigenvalue weighted by Crippen LogP contribution is -2.20. The zero-order chi connectivity index (χ0) is 13.2. The maximum absolute atomic E-state index is 11.2. The van der Waals surface area contributed by atoms with Crippen LogP contribution < -0.4 is 10.0 Å². The van der Waals surface area contributed by atoms with E-state index in [9.17, 15) is 8.42 Å². The molecule has 0 unspecified atom stereocenters. The molecule has 0 aromatic heterocycles. The third kappa shape index (κ3) is 3.71. The molecule has 98 valence electrons. The minimum Gasteiger partial charge on any atom is -0.372 e. The van der Waals surface area contributed by atoms with Crippen LogP contribution in [0.5, 0.6) is 0 Å². The van der Waals surface area contributed by atoms with Gasteiger partial charge in [0.05, 0.1) is 18.5 Å². The zero-order valence-electron chi connectivity index (χ0n) is 9.90. The monoisotopic (exact) mass is 331 g/mol. The summed E-state index contributed by atoms with van der Waals surface area (Å²) in [6, 6.07) is 5.53. The van der Waals surface area contributed by atoms with Crippen molar-refractivity contribution in [3.05, 3.63) is 28.2 Å². The van der Waals surface area contributed by atoms with Gasteiger partial charge in [0.25, 0.3) is 0 Å². The molecule has 1 heterocycles. The molecule has 0 saturated heterocycles. The van der Waals surface area contributed by atoms with Gasteiger partial charge in [-0.3, -0.25) is 9.71 Å². The smallest absolute Gasteiger partial charge is 0.229 e. The van der Waals surface area contributed by atoms with Crippen LogP contribution >= 0.6 is 15.9 Å². The Morgan fingerprint density at radius 2 is 2.28 bits per heavy atom. The second kappa shape index (κ2) is 5.27. The van der Waals surface area contributed by atoms with E-state index in [1.807, 2.05) is 12.1 Å². The first-order chi connectivity index (χ1) is 8.44. The van der Waals surface area contributed by atoms with Gasteiger partial charge in [0, 0.05) is 17.4 Å². The van der Waals surface area contributed by atoms with Crippen LogP contribution in [0.3, 0.4) is 0 Å². The Hall–Kier alpha value is -1.08. The molecule has 0 saturated carbocycles. The fraction of sp³-hybridized carbons (Fsp3) is 0.364. The van der Waals surface area contributed by atoms with E-state index < -0.39 is 10.0 Å². The molecular weight excluding hydrogens is 318 g/mol. The molecule has 0 radical (unpaired) electrons. The first-order valence-electron chi connectivity index (χ1n) is 5.47. The minimum atomic E-state index is -3.25. The zero-order valence-corrected chi connectivity index (χ0v) is 12.3. The number of nitrogens with one attached hydrogen (secondary N) is 2. The van der Waals surface area contributed by atoms with Gasteiger partial charge in [-0.2, -0.15) is 0 Å². The molecule has 1 aromatic rings. The van der Waals surface area contributed by atoms with E-state index >= 15 is 0 Å². The van der Waals surface area contributed by atoms with Gasteiger partial charge in [0.1, 0.15) is 5.84 Å². The highest BCUT2D eigenvalue weighted by Crippen LogP contribution is 2.24. The molecule has 0 fully saturated rings. The average Bonchev–Trinajstić information content (AvgIpc) is 2.73. The maximum atomic E-state index is 11.2. The van der Waals surface area contributed by atoms with Gasteiger partial charge in [0.2, 0.25) is 10.0 Å². The van der Waals surface area contributed by atoms with E-state index in [0.29, 0.717) is 5.69 Å². The Labute approximate surface area is 115 Å². The number of aliphatic imine (C=N–C) groups is 1. The van der Waals surface area contributed by atoms with Crippen molar-refractivity contribution in [1.29, 1.82) is 0 Å². The summed E-state index contributed by atoms with van der Waals surface area (Å²) < 4.78 is 25.5. The molecule has 5 nitrogen and oxygen atoms in total. The summed E-state index contributed by atoms with van der Waals surface area (Å²) in [4.78, 5) is 4.32. The number of hydrogen-bond acceptors (Lipinski definition) is 4. The van der Waals surface area contributed by atoms with Crippen molar-refractivity contribution in [3.63, 3.8) is 0 Å². The van der Waals surface area contributed by atoms with Crippen molar-refractivity contribution in [3.8, 4) is 0 Å². The van der Waals surface area contributed by atoms with Gasteiger partial charge >= 0.3 is 0 Å². The largest absolute Gasteiger partial charge is 0.372 e. The van der Waals surface area contributed by atoms with Crippen LogP contribution in [0.1, 0.15) is 5.56 Å². The summed E-state index contributed by atoms with van der Waals surface area (Å²) in [5.41, 5.74) is 1.62. The van der Waals surface area contributed by atoms with E-state index in [1.54, 1.807) is 6.07 Å². The predicted molar refractivity (Wildman–Crippen MR) is 76.6 cm³/mol. The maximum Gasteiger partial charge on any atom is 0.229 e. The molecule has 0 bridgehead atoms. The van der Waals surface area contributed by atoms with Crippen molar-refractivity contribution >= 4 is 37.5 Å². The lowest BCUT2D eigenvalue weighted by molar-refractivity contribution is 0.607. The third-order valence-electron chi connectivity index (χ3n) is 2.44. The van der Waals surface area contributed by atoms with Gasteiger partial charge in [-0.05, 0) is 33.6 Å². The summed E-state index contributed by atoms with van der Waals surface area (Å²) in [7, 11) is -3.25. The minimum absolute atomic E-state index is 0.544. The second-order valence-electron chi connectivity index (χ2n) is 4.12. The normalized spacial score (nSPS) is 15.1. The molecular formula is C11H14BrN3O2S. The molecule has 0 aliphatic carbocycles. The van der Waals surface area contributed by atoms with Crippen molar-refractivity contribution in [1.82, 2.24) is 5.32 Å². The second-order valence-corrected chi connectivity index (χ2v) is 6.72. The van der Waals surface area contributed by atoms with Gasteiger partial charge < -0.3 is 5.32 Å². The SMILES string of the molecule is CS(=O)(=O)Nc1ccc(CC2=NCCN2)cc1Br. The van der Waals surface area contributed by atoms with Crippen LogP contribution in [0.15, 0.2) is 27.7 Å². The standard InChI is InChI=1S/C11H14BrN3O2S/c1-18(16,17)15-10-3-2-8(6-9(10)12)7-11-13-4-5-14-11/h2-3,6,15H,4-5,7H2,1H3,(H,13,14).